The maximum atomic E-state index is 13.3. The first-order valence-electron chi connectivity index (χ1n) is 6.72. The number of anilines is 2. The molecular weight excluding hydrogens is 315 g/mol. The van der Waals surface area contributed by atoms with Crippen LogP contribution in [0.25, 0.3) is 11.4 Å². The van der Waals surface area contributed by atoms with Crippen LogP contribution in [0.5, 0.6) is 0 Å². The fourth-order valence-corrected chi connectivity index (χ4v) is 2.24. The van der Waals surface area contributed by atoms with Gasteiger partial charge < -0.3 is 5.32 Å². The Balaban J connectivity index is 1.96. The first-order chi connectivity index (χ1) is 11.1. The number of hydrogen-bond donors (Lipinski definition) is 1. The van der Waals surface area contributed by atoms with Gasteiger partial charge in [-0.05, 0) is 30.3 Å². The van der Waals surface area contributed by atoms with Crippen LogP contribution >= 0.6 is 11.6 Å². The minimum atomic E-state index is -0.373. The van der Waals surface area contributed by atoms with Crippen LogP contribution in [0.15, 0.2) is 54.6 Å². The van der Waals surface area contributed by atoms with Crippen molar-refractivity contribution < 1.29 is 4.39 Å². The summed E-state index contributed by atoms with van der Waals surface area (Å²) < 4.78 is 13.3. The molecule has 0 aliphatic rings. The smallest absolute Gasteiger partial charge is 0.163 e. The average Bonchev–Trinajstić information content (AvgIpc) is 2.54. The standard InChI is InChI=1S/C17H10ClFN4/c18-15-9-16(21-14-6-1-3-11(7-14)10-20)23-17(22-15)12-4-2-5-13(19)8-12/h1-9H,(H,21,22,23). The van der Waals surface area contributed by atoms with E-state index in [0.717, 1.165) is 0 Å². The highest BCUT2D eigenvalue weighted by molar-refractivity contribution is 6.29. The Morgan fingerprint density at radius 2 is 1.87 bits per heavy atom. The van der Waals surface area contributed by atoms with E-state index < -0.39 is 0 Å². The predicted octanol–water partition coefficient (Wildman–Crippen LogP) is 4.55. The van der Waals surface area contributed by atoms with E-state index in [0.29, 0.717) is 28.5 Å². The Hall–Kier alpha value is -2.97. The molecule has 6 heteroatoms. The van der Waals surface area contributed by atoms with Crippen molar-refractivity contribution in [2.24, 2.45) is 0 Å². The zero-order valence-corrected chi connectivity index (χ0v) is 12.5. The van der Waals surface area contributed by atoms with E-state index in [4.69, 9.17) is 16.9 Å². The van der Waals surface area contributed by atoms with Crippen LogP contribution in [0.4, 0.5) is 15.9 Å². The molecule has 0 saturated heterocycles. The number of benzene rings is 2. The summed E-state index contributed by atoms with van der Waals surface area (Å²) in [5, 5.41) is 12.2. The van der Waals surface area contributed by atoms with Crippen molar-refractivity contribution in [3.8, 4) is 17.5 Å². The van der Waals surface area contributed by atoms with Crippen LogP contribution < -0.4 is 5.32 Å². The number of nitrogens with zero attached hydrogens (tertiary/aromatic N) is 3. The molecule has 3 rings (SSSR count). The Labute approximate surface area is 137 Å². The van der Waals surface area contributed by atoms with Crippen molar-refractivity contribution >= 4 is 23.1 Å². The SMILES string of the molecule is N#Cc1cccc(Nc2cc(Cl)nc(-c3cccc(F)c3)n2)c1. The van der Waals surface area contributed by atoms with Gasteiger partial charge in [0.25, 0.3) is 0 Å². The molecule has 0 amide bonds. The minimum absolute atomic E-state index is 0.234. The Bertz CT molecular complexity index is 905. The third-order valence-corrected chi connectivity index (χ3v) is 3.24. The van der Waals surface area contributed by atoms with Crippen LogP contribution in [-0.2, 0) is 0 Å². The third kappa shape index (κ3) is 3.62. The molecule has 0 fully saturated rings. The highest BCUT2D eigenvalue weighted by atomic mass is 35.5. The third-order valence-electron chi connectivity index (χ3n) is 3.04. The number of nitriles is 1. The van der Waals surface area contributed by atoms with Crippen LogP contribution in [0.3, 0.4) is 0 Å². The van der Waals surface area contributed by atoms with Crippen molar-refractivity contribution in [1.82, 2.24) is 9.97 Å². The summed E-state index contributed by atoms with van der Waals surface area (Å²) >= 11 is 6.03. The number of halogens is 2. The topological polar surface area (TPSA) is 61.6 Å². The predicted molar refractivity (Wildman–Crippen MR) is 86.9 cm³/mol. The van der Waals surface area contributed by atoms with Gasteiger partial charge in [0.05, 0.1) is 11.6 Å². The van der Waals surface area contributed by atoms with E-state index in [2.05, 4.69) is 21.4 Å². The number of nitrogens with one attached hydrogen (secondary N) is 1. The maximum Gasteiger partial charge on any atom is 0.163 e. The highest BCUT2D eigenvalue weighted by Crippen LogP contribution is 2.23. The molecule has 23 heavy (non-hydrogen) atoms. The first-order valence-corrected chi connectivity index (χ1v) is 7.09. The van der Waals surface area contributed by atoms with Crippen molar-refractivity contribution in [3.63, 3.8) is 0 Å². The molecule has 3 aromatic rings. The lowest BCUT2D eigenvalue weighted by Crippen LogP contribution is -1.98. The van der Waals surface area contributed by atoms with Gasteiger partial charge in [-0.25, -0.2) is 14.4 Å². The molecule has 0 spiro atoms. The second kappa shape index (κ2) is 6.42. The van der Waals surface area contributed by atoms with E-state index in [9.17, 15) is 4.39 Å². The molecule has 1 aromatic heterocycles. The lowest BCUT2D eigenvalue weighted by atomic mass is 10.2. The molecule has 1 N–H and O–H groups in total. The maximum absolute atomic E-state index is 13.3. The van der Waals surface area contributed by atoms with Crippen molar-refractivity contribution in [1.29, 1.82) is 5.26 Å². The lowest BCUT2D eigenvalue weighted by molar-refractivity contribution is 0.628. The first kappa shape index (κ1) is 14.9. The molecule has 0 saturated carbocycles. The van der Waals surface area contributed by atoms with E-state index in [1.807, 2.05) is 0 Å². The molecule has 1 heterocycles. The van der Waals surface area contributed by atoms with E-state index >= 15 is 0 Å². The minimum Gasteiger partial charge on any atom is -0.340 e. The highest BCUT2D eigenvalue weighted by Gasteiger charge is 2.07. The summed E-state index contributed by atoms with van der Waals surface area (Å²) in [7, 11) is 0. The molecule has 0 unspecified atom stereocenters. The van der Waals surface area contributed by atoms with Gasteiger partial charge in [0.15, 0.2) is 5.82 Å². The van der Waals surface area contributed by atoms with Gasteiger partial charge in [0.2, 0.25) is 0 Å². The molecule has 0 bridgehead atoms. The molecule has 4 nitrogen and oxygen atoms in total. The average molecular weight is 325 g/mol. The number of hydrogen-bond acceptors (Lipinski definition) is 4. The van der Waals surface area contributed by atoms with Crippen LogP contribution in [-0.4, -0.2) is 9.97 Å². The Morgan fingerprint density at radius 1 is 1.04 bits per heavy atom. The van der Waals surface area contributed by atoms with Crippen LogP contribution in [0, 0.1) is 17.1 Å². The lowest BCUT2D eigenvalue weighted by Gasteiger charge is -2.08. The summed E-state index contributed by atoms with van der Waals surface area (Å²) in [4.78, 5) is 8.46. The van der Waals surface area contributed by atoms with Crippen molar-refractivity contribution in [3.05, 3.63) is 71.1 Å². The summed E-state index contributed by atoms with van der Waals surface area (Å²) in [6.45, 7) is 0. The molecule has 0 radical (unpaired) electrons. The van der Waals surface area contributed by atoms with E-state index in [-0.39, 0.29) is 11.0 Å². The van der Waals surface area contributed by atoms with Gasteiger partial charge in [-0.3, -0.25) is 0 Å². The van der Waals surface area contributed by atoms with Gasteiger partial charge in [0.1, 0.15) is 16.8 Å². The summed E-state index contributed by atoms with van der Waals surface area (Å²) in [6, 6.07) is 16.6. The van der Waals surface area contributed by atoms with E-state index in [1.54, 1.807) is 42.5 Å². The molecule has 0 aliphatic carbocycles. The van der Waals surface area contributed by atoms with Gasteiger partial charge in [-0.2, -0.15) is 5.26 Å². The van der Waals surface area contributed by atoms with Gasteiger partial charge in [-0.15, -0.1) is 0 Å². The van der Waals surface area contributed by atoms with Gasteiger partial charge in [-0.1, -0.05) is 29.8 Å². The van der Waals surface area contributed by atoms with Crippen molar-refractivity contribution in [2.45, 2.75) is 0 Å². The van der Waals surface area contributed by atoms with Crippen LogP contribution in [0.1, 0.15) is 5.56 Å². The fourth-order valence-electron chi connectivity index (χ4n) is 2.05. The Kier molecular flexibility index (Phi) is 4.18. The zero-order chi connectivity index (χ0) is 16.2. The van der Waals surface area contributed by atoms with Crippen molar-refractivity contribution in [2.75, 3.05) is 5.32 Å². The molecule has 2 aromatic carbocycles. The van der Waals surface area contributed by atoms with E-state index in [1.165, 1.54) is 12.1 Å². The van der Waals surface area contributed by atoms with Gasteiger partial charge >= 0.3 is 0 Å². The number of rotatable bonds is 3. The fraction of sp³-hybridized carbons (Fsp3) is 0. The van der Waals surface area contributed by atoms with Gasteiger partial charge in [0, 0.05) is 17.3 Å². The summed E-state index contributed by atoms with van der Waals surface area (Å²) in [5.41, 5.74) is 1.76. The second-order valence-electron chi connectivity index (χ2n) is 4.73. The normalized spacial score (nSPS) is 10.1. The quantitative estimate of drug-likeness (QED) is 0.718. The monoisotopic (exact) mass is 324 g/mol. The molecular formula is C17H10ClFN4. The van der Waals surface area contributed by atoms with Crippen LogP contribution in [0.2, 0.25) is 5.15 Å². The summed E-state index contributed by atoms with van der Waals surface area (Å²) in [6.07, 6.45) is 0. The second-order valence-corrected chi connectivity index (χ2v) is 5.11. The molecule has 112 valence electrons. The molecule has 0 aliphatic heterocycles. The summed E-state index contributed by atoms with van der Waals surface area (Å²) in [5.74, 6) is 0.401. The zero-order valence-electron chi connectivity index (χ0n) is 11.8. The Morgan fingerprint density at radius 3 is 2.65 bits per heavy atom. The number of aromatic nitrogens is 2. The largest absolute Gasteiger partial charge is 0.340 e. The molecule has 0 atom stereocenters.